The lowest BCUT2D eigenvalue weighted by Crippen LogP contribution is -2.07. The van der Waals surface area contributed by atoms with E-state index in [1.807, 2.05) is 352 Å². The van der Waals surface area contributed by atoms with Crippen LogP contribution in [0.1, 0.15) is 59.7 Å². The van der Waals surface area contributed by atoms with Gasteiger partial charge in [0.1, 0.15) is 16.9 Å². The number of ketones is 1. The Labute approximate surface area is 687 Å². The number of carboxylic acids is 1. The highest BCUT2D eigenvalue weighted by molar-refractivity contribution is 6.06. The molecule has 0 amide bonds. The molecular weight excluding hydrogens is 1470 g/mol. The average Bonchev–Trinajstić information content (AvgIpc) is 0.844. The molecule has 13 heteroatoms. The van der Waals surface area contributed by atoms with E-state index in [-0.39, 0.29) is 28.8 Å². The zero-order valence-corrected chi connectivity index (χ0v) is 64.7. The lowest BCUT2D eigenvalue weighted by molar-refractivity contribution is -0.135. The van der Waals surface area contributed by atoms with Gasteiger partial charge in [0.25, 0.3) is 0 Å². The number of anilines is 2. The van der Waals surface area contributed by atoms with Gasteiger partial charge in [0.15, 0.2) is 11.2 Å². The summed E-state index contributed by atoms with van der Waals surface area (Å²) in [4.78, 5) is 65.9. The molecular formula is C105H86N2O11. The number of hydrogen-bond acceptors (Lipinski definition) is 12. The molecule has 2 aromatic heterocycles. The minimum Gasteiger partial charge on any atom is -0.478 e. The molecule has 0 aliphatic rings. The molecule has 2 heterocycles. The van der Waals surface area contributed by atoms with Gasteiger partial charge >= 0.3 is 23.5 Å². The molecule has 0 atom stereocenters. The van der Waals surface area contributed by atoms with Gasteiger partial charge in [0, 0.05) is 46.4 Å². The highest BCUT2D eigenvalue weighted by atomic mass is 16.5. The van der Waals surface area contributed by atoms with E-state index >= 15 is 0 Å². The Hall–Kier alpha value is -16.3. The number of ether oxygens (including phenoxy) is 2. The van der Waals surface area contributed by atoms with Crippen LogP contribution < -0.4 is 26.6 Å². The number of carbonyl (C=O) groups excluding carboxylic acids is 3. The average molecular weight is 1550 g/mol. The number of carboxylic acid groups (broad SMARTS) is 1. The Morgan fingerprint density at radius 2 is 0.686 bits per heavy atom. The third-order valence-corrected chi connectivity index (χ3v) is 15.8. The van der Waals surface area contributed by atoms with Crippen molar-refractivity contribution in [1.29, 1.82) is 0 Å². The van der Waals surface area contributed by atoms with Crippen LogP contribution in [0.4, 0.5) is 11.4 Å². The molecule has 0 aliphatic heterocycles. The fourth-order valence-corrected chi connectivity index (χ4v) is 9.93. The maximum Gasteiger partial charge on any atom is 0.343 e. The molecule has 13 nitrogen and oxygen atoms in total. The number of aliphatic carboxylic acids is 1. The maximum atomic E-state index is 11.7. The van der Waals surface area contributed by atoms with E-state index < -0.39 is 5.97 Å². The SMILES string of the molecule is C(#Cc1ccccc1)c1ccccc1.C(=C\c1ccccc1)/c1ccccc1.COC(=O)/C=C/c1ccccc1.O=C(/C=C/c1ccccc1)c1ccccc1.O=C(O)/C=C/c1ccccc1.O=C(Oc1ccccc1)c1ccccc1.O=c1ccc2ccccc2o1.O=c1ccoc2ccccc12.c1ccc(NNc2ccccc2)cc1. The molecule has 582 valence electrons. The quantitative estimate of drug-likeness (QED) is 0.0136. The van der Waals surface area contributed by atoms with Crippen molar-refractivity contribution in [2.24, 2.45) is 0 Å². The molecule has 0 spiro atoms. The van der Waals surface area contributed by atoms with Crippen molar-refractivity contribution in [2.45, 2.75) is 0 Å². The number of fused-ring (bicyclic) bond motifs is 2. The zero-order chi connectivity index (χ0) is 82.9. The minimum atomic E-state index is -0.922. The second-order valence-corrected chi connectivity index (χ2v) is 24.6. The number of carbonyl (C=O) groups is 4. The standard InChI is InChI=1S/C15H12O.C14H12.C14H10.C13H10O2.C12H12N2.C10H10O2.2C9H6O2.C9H8O2/c16-15(14-9-5-2-6-10-14)12-11-13-7-3-1-4-8-13;2*1-3-7-13(8-4-1)11-12-14-9-5-2-6-10-14;14-13(11-7-3-1-4-8-11)15-12-9-5-2-6-10-12;1-3-7-11(8-4-1)13-14-12-9-5-2-6-10-12;1-12-10(11)8-7-9-5-3-2-4-6-9;10-8-5-6-11-9-4-2-1-3-7(8)9;10-9-6-5-7-3-1-2-4-8(7)11-9;10-9(11)7-6-8-4-2-1-3-5-8/h1-12H;1-12H;1-10H;1-10H;1-10,13-14H;2-8H,1H3;2*1-6H;1-7H,(H,10,11)/b2*12-11+;;;;8-7+;;;7-6+. The van der Waals surface area contributed by atoms with Crippen LogP contribution in [0.2, 0.25) is 0 Å². The number of rotatable bonds is 14. The van der Waals surface area contributed by atoms with Crippen LogP contribution >= 0.6 is 0 Å². The van der Waals surface area contributed by atoms with Gasteiger partial charge in [-0.25, -0.2) is 19.2 Å². The van der Waals surface area contributed by atoms with E-state index in [0.717, 1.165) is 56.2 Å². The van der Waals surface area contributed by atoms with Crippen molar-refractivity contribution in [3.05, 3.63) is 526 Å². The van der Waals surface area contributed by atoms with E-state index in [1.54, 1.807) is 66.8 Å². The molecule has 0 unspecified atom stereocenters. The summed E-state index contributed by atoms with van der Waals surface area (Å²) in [6.45, 7) is 0. The Morgan fingerprint density at radius 3 is 1.11 bits per heavy atom. The van der Waals surface area contributed by atoms with Gasteiger partial charge in [-0.1, -0.05) is 352 Å². The molecule has 0 saturated carbocycles. The molecule has 0 radical (unpaired) electrons. The smallest absolute Gasteiger partial charge is 0.343 e. The lowest BCUT2D eigenvalue weighted by atomic mass is 10.1. The number of nitrogens with one attached hydrogen (secondary N) is 2. The number of para-hydroxylation sites is 5. The van der Waals surface area contributed by atoms with E-state index in [2.05, 4.69) is 63.8 Å². The van der Waals surface area contributed by atoms with Gasteiger partial charge in [-0.3, -0.25) is 9.59 Å². The molecule has 16 rings (SSSR count). The summed E-state index contributed by atoms with van der Waals surface area (Å²) in [6, 6.07) is 136. The van der Waals surface area contributed by atoms with Crippen LogP contribution in [0.5, 0.6) is 5.75 Å². The fourth-order valence-electron chi connectivity index (χ4n) is 9.93. The Bertz CT molecular complexity index is 5720. The van der Waals surface area contributed by atoms with Crippen LogP contribution in [-0.2, 0) is 14.3 Å². The van der Waals surface area contributed by atoms with Crippen LogP contribution in [-0.4, -0.2) is 35.9 Å². The van der Waals surface area contributed by atoms with Crippen LogP contribution in [0.25, 0.3) is 52.3 Å². The first-order valence-corrected chi connectivity index (χ1v) is 37.3. The molecule has 0 bridgehead atoms. The second kappa shape index (κ2) is 52.8. The third kappa shape index (κ3) is 35.8. The summed E-state index contributed by atoms with van der Waals surface area (Å²) < 4.78 is 19.6. The summed E-state index contributed by atoms with van der Waals surface area (Å²) in [6.07, 6.45) is 14.9. The van der Waals surface area contributed by atoms with Crippen molar-refractivity contribution in [3.63, 3.8) is 0 Å². The van der Waals surface area contributed by atoms with Gasteiger partial charge in [0.05, 0.1) is 35.7 Å². The van der Waals surface area contributed by atoms with Crippen LogP contribution in [0.15, 0.2) is 474 Å². The van der Waals surface area contributed by atoms with Gasteiger partial charge in [0.2, 0.25) is 0 Å². The summed E-state index contributed by atoms with van der Waals surface area (Å²) >= 11 is 0. The van der Waals surface area contributed by atoms with Gasteiger partial charge < -0.3 is 34.3 Å². The monoisotopic (exact) mass is 1550 g/mol. The third-order valence-electron chi connectivity index (χ3n) is 15.8. The summed E-state index contributed by atoms with van der Waals surface area (Å²) in [7, 11) is 1.36. The predicted molar refractivity (Wildman–Crippen MR) is 480 cm³/mol. The highest BCUT2D eigenvalue weighted by Crippen LogP contribution is 2.15. The molecule has 0 saturated heterocycles. The summed E-state index contributed by atoms with van der Waals surface area (Å²) in [5.41, 5.74) is 18.1. The number of hydrogen-bond donors (Lipinski definition) is 3. The Morgan fingerprint density at radius 1 is 0.339 bits per heavy atom. The summed E-state index contributed by atoms with van der Waals surface area (Å²) in [5.74, 6) is 5.23. The molecule has 14 aromatic carbocycles. The van der Waals surface area contributed by atoms with Crippen LogP contribution in [0, 0.1) is 11.8 Å². The summed E-state index contributed by atoms with van der Waals surface area (Å²) in [5, 5.41) is 9.87. The maximum absolute atomic E-state index is 11.7. The number of methoxy groups -OCH3 is 1. The van der Waals surface area contributed by atoms with Crippen molar-refractivity contribution < 1.29 is 42.6 Å². The van der Waals surface area contributed by atoms with E-state index in [4.69, 9.17) is 18.7 Å². The predicted octanol–water partition coefficient (Wildman–Crippen LogP) is 23.8. The fraction of sp³-hybridized carbons (Fsp3) is 0.00952. The van der Waals surface area contributed by atoms with E-state index in [9.17, 15) is 28.8 Å². The van der Waals surface area contributed by atoms with Crippen molar-refractivity contribution in [1.82, 2.24) is 0 Å². The molecule has 3 N–H and O–H groups in total. The molecule has 16 aromatic rings. The van der Waals surface area contributed by atoms with Gasteiger partial charge in [-0.2, -0.15) is 0 Å². The highest BCUT2D eigenvalue weighted by Gasteiger charge is 2.07. The Balaban J connectivity index is 0.000000166. The largest absolute Gasteiger partial charge is 0.478 e. The number of esters is 2. The molecule has 0 aliphatic carbocycles. The number of hydrazine groups is 1. The van der Waals surface area contributed by atoms with Crippen molar-refractivity contribution in [3.8, 4) is 17.6 Å². The molecule has 118 heavy (non-hydrogen) atoms. The topological polar surface area (TPSA) is 191 Å². The first-order chi connectivity index (χ1) is 57.9. The first kappa shape index (κ1) is 87.3. The number of benzene rings is 14. The van der Waals surface area contributed by atoms with Crippen molar-refractivity contribution in [2.75, 3.05) is 18.0 Å². The van der Waals surface area contributed by atoms with E-state index in [0.29, 0.717) is 27.9 Å². The lowest BCUT2D eigenvalue weighted by Gasteiger charge is -2.08. The molecule has 0 fully saturated rings. The first-order valence-electron chi connectivity index (χ1n) is 37.3. The second-order valence-electron chi connectivity index (χ2n) is 24.6. The van der Waals surface area contributed by atoms with E-state index in [1.165, 1.54) is 42.7 Å². The minimum absolute atomic E-state index is 0.00634. The van der Waals surface area contributed by atoms with Crippen molar-refractivity contribution >= 4 is 87.4 Å². The number of allylic oxidation sites excluding steroid dienone is 1. The Kier molecular flexibility index (Phi) is 39.0. The zero-order valence-electron chi connectivity index (χ0n) is 64.7. The normalized spacial score (nSPS) is 9.94. The van der Waals surface area contributed by atoms with Gasteiger partial charge in [-0.15, -0.1) is 0 Å². The van der Waals surface area contributed by atoms with Gasteiger partial charge in [-0.05, 0) is 143 Å². The van der Waals surface area contributed by atoms with Crippen LogP contribution in [0.3, 0.4) is 0 Å².